The van der Waals surface area contributed by atoms with Crippen LogP contribution < -0.4 is 10.9 Å². The first-order chi connectivity index (χ1) is 7.77. The minimum absolute atomic E-state index is 0.105. The summed E-state index contributed by atoms with van der Waals surface area (Å²) in [6.45, 7) is 3.66. The van der Waals surface area contributed by atoms with E-state index in [1.54, 1.807) is 6.07 Å². The molecule has 3 nitrogen and oxygen atoms in total. The van der Waals surface area contributed by atoms with E-state index >= 15 is 0 Å². The molecule has 1 N–H and O–H groups in total. The summed E-state index contributed by atoms with van der Waals surface area (Å²) in [6, 6.07) is 6.11. The minimum Gasteiger partial charge on any atom is -0.312 e. The first-order valence-electron chi connectivity index (χ1n) is 6.17. The Bertz CT molecular complexity index is 391. The van der Waals surface area contributed by atoms with Gasteiger partial charge in [0.25, 0.3) is 5.56 Å². The Kier molecular flexibility index (Phi) is 3.78. The van der Waals surface area contributed by atoms with Gasteiger partial charge in [-0.05, 0) is 25.8 Å². The van der Waals surface area contributed by atoms with Gasteiger partial charge >= 0.3 is 0 Å². The van der Waals surface area contributed by atoms with Crippen LogP contribution in [0.1, 0.15) is 31.4 Å². The van der Waals surface area contributed by atoms with Crippen LogP contribution in [-0.4, -0.2) is 17.2 Å². The van der Waals surface area contributed by atoms with Gasteiger partial charge in [0.2, 0.25) is 0 Å². The fourth-order valence-electron chi connectivity index (χ4n) is 2.42. The Balaban J connectivity index is 1.87. The maximum absolute atomic E-state index is 11.6. The molecule has 1 aromatic rings. The van der Waals surface area contributed by atoms with Gasteiger partial charge in [-0.3, -0.25) is 4.79 Å². The molecular formula is C13H20N2O. The van der Waals surface area contributed by atoms with Gasteiger partial charge in [0.15, 0.2) is 0 Å². The van der Waals surface area contributed by atoms with Crippen molar-refractivity contribution in [3.63, 3.8) is 0 Å². The number of hydrogen-bond donors (Lipinski definition) is 1. The maximum Gasteiger partial charge on any atom is 0.250 e. The summed E-state index contributed by atoms with van der Waals surface area (Å²) < 4.78 is 1.84. The summed E-state index contributed by atoms with van der Waals surface area (Å²) in [7, 11) is 0. The van der Waals surface area contributed by atoms with E-state index < -0.39 is 0 Å². The second-order valence-electron chi connectivity index (χ2n) is 4.59. The van der Waals surface area contributed by atoms with Crippen LogP contribution in [0.2, 0.25) is 0 Å². The molecule has 0 atom stereocenters. The van der Waals surface area contributed by atoms with Gasteiger partial charge in [0.05, 0.1) is 0 Å². The molecule has 88 valence electrons. The highest BCUT2D eigenvalue weighted by molar-refractivity contribution is 5.04. The number of nitrogens with zero attached hydrogens (tertiary/aromatic N) is 1. The Morgan fingerprint density at radius 1 is 1.38 bits per heavy atom. The second kappa shape index (κ2) is 5.30. The highest BCUT2D eigenvalue weighted by atomic mass is 16.1. The fraction of sp³-hybridized carbons (Fsp3) is 0.615. The van der Waals surface area contributed by atoms with Crippen molar-refractivity contribution in [2.45, 2.75) is 45.2 Å². The summed E-state index contributed by atoms with van der Waals surface area (Å²) in [5.74, 6) is 0. The molecule has 1 aliphatic carbocycles. The molecular weight excluding hydrogens is 200 g/mol. The Hall–Kier alpha value is -1.09. The largest absolute Gasteiger partial charge is 0.312 e. The van der Waals surface area contributed by atoms with E-state index in [4.69, 9.17) is 0 Å². The Morgan fingerprint density at radius 3 is 2.81 bits per heavy atom. The van der Waals surface area contributed by atoms with E-state index in [0.29, 0.717) is 6.04 Å². The average molecular weight is 220 g/mol. The van der Waals surface area contributed by atoms with Gasteiger partial charge in [-0.2, -0.15) is 0 Å². The smallest absolute Gasteiger partial charge is 0.250 e. The SMILES string of the molecule is Cc1cccc(=O)n1CCNC1CCCC1. The lowest BCUT2D eigenvalue weighted by Gasteiger charge is -2.14. The quantitative estimate of drug-likeness (QED) is 0.838. The summed E-state index contributed by atoms with van der Waals surface area (Å²) in [5.41, 5.74) is 1.15. The standard InChI is InChI=1S/C13H20N2O/c1-11-5-4-8-13(16)15(11)10-9-14-12-6-2-3-7-12/h4-5,8,12,14H,2-3,6-7,9-10H2,1H3. The number of aromatic nitrogens is 1. The predicted octanol–water partition coefficient (Wildman–Crippen LogP) is 1.69. The van der Waals surface area contributed by atoms with Gasteiger partial charge in [0, 0.05) is 30.9 Å². The van der Waals surface area contributed by atoms with Gasteiger partial charge in [0.1, 0.15) is 0 Å². The van der Waals surface area contributed by atoms with Crippen LogP contribution in [0.5, 0.6) is 0 Å². The third-order valence-electron chi connectivity index (χ3n) is 3.39. The number of hydrogen-bond acceptors (Lipinski definition) is 2. The predicted molar refractivity (Wildman–Crippen MR) is 65.7 cm³/mol. The highest BCUT2D eigenvalue weighted by Crippen LogP contribution is 2.17. The molecule has 0 bridgehead atoms. The van der Waals surface area contributed by atoms with Crippen LogP contribution >= 0.6 is 0 Å². The van der Waals surface area contributed by atoms with Crippen molar-refractivity contribution >= 4 is 0 Å². The van der Waals surface area contributed by atoms with Crippen molar-refractivity contribution in [3.05, 3.63) is 34.2 Å². The molecule has 1 aromatic heterocycles. The number of rotatable bonds is 4. The van der Waals surface area contributed by atoms with Gasteiger partial charge in [-0.15, -0.1) is 0 Å². The van der Waals surface area contributed by atoms with E-state index in [9.17, 15) is 4.79 Å². The maximum atomic E-state index is 11.6. The van der Waals surface area contributed by atoms with Crippen molar-refractivity contribution in [2.24, 2.45) is 0 Å². The first kappa shape index (κ1) is 11.4. The van der Waals surface area contributed by atoms with Crippen LogP contribution in [0.3, 0.4) is 0 Å². The normalized spacial score (nSPS) is 16.8. The van der Waals surface area contributed by atoms with Crippen LogP contribution in [0.25, 0.3) is 0 Å². The fourth-order valence-corrected chi connectivity index (χ4v) is 2.42. The van der Waals surface area contributed by atoms with Crippen LogP contribution in [-0.2, 0) is 6.54 Å². The summed E-state index contributed by atoms with van der Waals surface area (Å²) in [4.78, 5) is 11.6. The lowest BCUT2D eigenvalue weighted by Crippen LogP contribution is -2.32. The molecule has 1 aliphatic rings. The molecule has 1 saturated carbocycles. The van der Waals surface area contributed by atoms with E-state index in [1.165, 1.54) is 25.7 Å². The zero-order valence-electron chi connectivity index (χ0n) is 9.91. The Labute approximate surface area is 96.5 Å². The van der Waals surface area contributed by atoms with E-state index in [0.717, 1.165) is 18.8 Å². The zero-order chi connectivity index (χ0) is 11.4. The number of aryl methyl sites for hydroxylation is 1. The summed E-state index contributed by atoms with van der Waals surface area (Å²) in [5, 5.41) is 3.52. The summed E-state index contributed by atoms with van der Waals surface area (Å²) in [6.07, 6.45) is 5.29. The van der Waals surface area contributed by atoms with Gasteiger partial charge < -0.3 is 9.88 Å². The molecule has 0 radical (unpaired) electrons. The molecule has 0 saturated heterocycles. The van der Waals surface area contributed by atoms with Gasteiger partial charge in [-0.1, -0.05) is 18.9 Å². The molecule has 1 fully saturated rings. The molecule has 0 amide bonds. The highest BCUT2D eigenvalue weighted by Gasteiger charge is 2.13. The topological polar surface area (TPSA) is 34.0 Å². The molecule has 1 heterocycles. The molecule has 0 spiro atoms. The molecule has 16 heavy (non-hydrogen) atoms. The van der Waals surface area contributed by atoms with E-state index in [1.807, 2.05) is 23.6 Å². The van der Waals surface area contributed by atoms with Crippen molar-refractivity contribution in [1.82, 2.24) is 9.88 Å². The second-order valence-corrected chi connectivity index (χ2v) is 4.59. The van der Waals surface area contributed by atoms with Crippen molar-refractivity contribution in [2.75, 3.05) is 6.54 Å². The minimum atomic E-state index is 0.105. The monoisotopic (exact) mass is 220 g/mol. The van der Waals surface area contributed by atoms with Crippen LogP contribution in [0, 0.1) is 6.92 Å². The van der Waals surface area contributed by atoms with Crippen molar-refractivity contribution < 1.29 is 0 Å². The average Bonchev–Trinajstić information content (AvgIpc) is 2.75. The van der Waals surface area contributed by atoms with Crippen LogP contribution in [0.15, 0.2) is 23.0 Å². The van der Waals surface area contributed by atoms with Gasteiger partial charge in [-0.25, -0.2) is 0 Å². The third-order valence-corrected chi connectivity index (χ3v) is 3.39. The zero-order valence-corrected chi connectivity index (χ0v) is 9.91. The molecule has 3 heteroatoms. The molecule has 0 aromatic carbocycles. The molecule has 0 unspecified atom stereocenters. The molecule has 2 rings (SSSR count). The first-order valence-corrected chi connectivity index (χ1v) is 6.17. The van der Waals surface area contributed by atoms with Crippen molar-refractivity contribution in [1.29, 1.82) is 0 Å². The van der Waals surface area contributed by atoms with E-state index in [-0.39, 0.29) is 5.56 Å². The number of nitrogens with one attached hydrogen (secondary N) is 1. The number of pyridine rings is 1. The van der Waals surface area contributed by atoms with Crippen molar-refractivity contribution in [3.8, 4) is 0 Å². The van der Waals surface area contributed by atoms with E-state index in [2.05, 4.69) is 5.32 Å². The van der Waals surface area contributed by atoms with Crippen LogP contribution in [0.4, 0.5) is 0 Å². The lowest BCUT2D eigenvalue weighted by atomic mass is 10.2. The Morgan fingerprint density at radius 2 is 2.12 bits per heavy atom. The third kappa shape index (κ3) is 2.73. The summed E-state index contributed by atoms with van der Waals surface area (Å²) >= 11 is 0. The lowest BCUT2D eigenvalue weighted by molar-refractivity contribution is 0.489. The molecule has 0 aliphatic heterocycles.